The van der Waals surface area contributed by atoms with Gasteiger partial charge >= 0.3 is 5.97 Å². The number of methoxy groups -OCH3 is 1. The van der Waals surface area contributed by atoms with Gasteiger partial charge in [0.25, 0.3) is 0 Å². The molecular weight excluding hydrogens is 262 g/mol. The Morgan fingerprint density at radius 3 is 2.33 bits per heavy atom. The molecule has 3 nitrogen and oxygen atoms in total. The van der Waals surface area contributed by atoms with E-state index in [4.69, 9.17) is 4.74 Å². The van der Waals surface area contributed by atoms with Gasteiger partial charge in [0.15, 0.2) is 0 Å². The maximum Gasteiger partial charge on any atom is 0.327 e. The number of rotatable bonds is 3. The summed E-state index contributed by atoms with van der Waals surface area (Å²) >= 11 is 0. The van der Waals surface area contributed by atoms with E-state index in [-0.39, 0.29) is 18.1 Å². The quantitative estimate of drug-likeness (QED) is 0.807. The Labute approximate surface area is 125 Å². The second kappa shape index (κ2) is 5.70. The molecule has 0 bridgehead atoms. The van der Waals surface area contributed by atoms with Gasteiger partial charge in [0.1, 0.15) is 6.04 Å². The summed E-state index contributed by atoms with van der Waals surface area (Å²) in [6.45, 7) is 2.88. The highest BCUT2D eigenvalue weighted by Crippen LogP contribution is 2.43. The zero-order valence-corrected chi connectivity index (χ0v) is 12.3. The predicted molar refractivity (Wildman–Crippen MR) is 81.6 cm³/mol. The largest absolute Gasteiger partial charge is 0.468 e. The summed E-state index contributed by atoms with van der Waals surface area (Å²) in [5.74, 6) is -0.192. The van der Waals surface area contributed by atoms with Crippen molar-refractivity contribution < 1.29 is 9.53 Å². The van der Waals surface area contributed by atoms with Crippen LogP contribution in [0.3, 0.4) is 0 Å². The molecule has 0 saturated carbocycles. The Kier molecular flexibility index (Phi) is 3.76. The highest BCUT2D eigenvalue weighted by molar-refractivity contribution is 5.79. The molecule has 0 N–H and O–H groups in total. The molecule has 0 saturated heterocycles. The molecule has 2 unspecified atom stereocenters. The van der Waals surface area contributed by atoms with Gasteiger partial charge in [-0.15, -0.1) is 0 Å². The number of nitrogens with zero attached hydrogens (tertiary/aromatic N) is 1. The molecule has 2 atom stereocenters. The van der Waals surface area contributed by atoms with Crippen LogP contribution in [-0.4, -0.2) is 18.0 Å². The molecule has 0 radical (unpaired) electrons. The number of benzene rings is 2. The Balaban J connectivity index is 1.97. The van der Waals surface area contributed by atoms with Crippen molar-refractivity contribution in [2.75, 3.05) is 7.11 Å². The Bertz CT molecular complexity index is 639. The van der Waals surface area contributed by atoms with Gasteiger partial charge in [-0.1, -0.05) is 54.6 Å². The Morgan fingerprint density at radius 1 is 1.05 bits per heavy atom. The summed E-state index contributed by atoms with van der Waals surface area (Å²) in [5, 5.41) is 0. The maximum absolute atomic E-state index is 12.3. The highest BCUT2D eigenvalue weighted by Gasteiger charge is 2.40. The number of carbonyl (C=O) groups excluding carboxylic acids is 1. The van der Waals surface area contributed by atoms with Crippen LogP contribution >= 0.6 is 0 Å². The van der Waals surface area contributed by atoms with E-state index in [0.717, 1.165) is 12.1 Å². The Hall–Kier alpha value is -2.13. The van der Waals surface area contributed by atoms with Gasteiger partial charge in [0.2, 0.25) is 0 Å². The molecule has 0 amide bonds. The van der Waals surface area contributed by atoms with Crippen LogP contribution in [0.5, 0.6) is 0 Å². The minimum absolute atomic E-state index is 0.192. The molecule has 1 aliphatic rings. The Morgan fingerprint density at radius 2 is 1.67 bits per heavy atom. The molecule has 0 aliphatic carbocycles. The van der Waals surface area contributed by atoms with E-state index >= 15 is 0 Å². The zero-order chi connectivity index (χ0) is 14.8. The number of hydrogen-bond acceptors (Lipinski definition) is 3. The first-order valence-electron chi connectivity index (χ1n) is 7.18. The fraction of sp³-hybridized carbons (Fsp3) is 0.278. The molecule has 1 aliphatic heterocycles. The van der Waals surface area contributed by atoms with Crippen molar-refractivity contribution in [3.8, 4) is 0 Å². The zero-order valence-electron chi connectivity index (χ0n) is 12.3. The summed E-state index contributed by atoms with van der Waals surface area (Å²) < 4.78 is 5.03. The molecule has 0 fully saturated rings. The molecule has 21 heavy (non-hydrogen) atoms. The second-order valence-electron chi connectivity index (χ2n) is 5.39. The number of ether oxygens (including phenoxy) is 1. The van der Waals surface area contributed by atoms with Gasteiger partial charge < -0.3 is 4.74 Å². The molecule has 3 rings (SSSR count). The summed E-state index contributed by atoms with van der Waals surface area (Å²) in [4.78, 5) is 14.5. The summed E-state index contributed by atoms with van der Waals surface area (Å²) in [7, 11) is 1.45. The topological polar surface area (TPSA) is 29.5 Å². The standard InChI is InChI=1S/C18H19NO2/c1-13-15-10-6-7-11-16(15)17(18(20)21-2)19(13)12-14-8-4-3-5-9-14/h3-11,13,17H,12H2,1-2H3. The first-order chi connectivity index (χ1) is 10.2. The van der Waals surface area contributed by atoms with Gasteiger partial charge in [-0.3, -0.25) is 4.90 Å². The van der Waals surface area contributed by atoms with Crippen LogP contribution in [0.25, 0.3) is 0 Å². The van der Waals surface area contributed by atoms with Crippen molar-refractivity contribution in [1.29, 1.82) is 0 Å². The molecule has 108 valence electrons. The molecule has 0 spiro atoms. The minimum Gasteiger partial charge on any atom is -0.468 e. The van der Waals surface area contributed by atoms with Gasteiger partial charge in [-0.05, 0) is 23.6 Å². The lowest BCUT2D eigenvalue weighted by atomic mass is 10.0. The average Bonchev–Trinajstić information content (AvgIpc) is 2.81. The van der Waals surface area contributed by atoms with Gasteiger partial charge in [0, 0.05) is 12.6 Å². The van der Waals surface area contributed by atoms with Crippen LogP contribution in [0.1, 0.15) is 35.7 Å². The molecule has 2 aromatic carbocycles. The van der Waals surface area contributed by atoms with E-state index < -0.39 is 0 Å². The lowest BCUT2D eigenvalue weighted by Crippen LogP contribution is -2.30. The summed E-state index contributed by atoms with van der Waals surface area (Å²) in [6.07, 6.45) is 0. The van der Waals surface area contributed by atoms with E-state index in [0.29, 0.717) is 0 Å². The first-order valence-corrected chi connectivity index (χ1v) is 7.18. The highest BCUT2D eigenvalue weighted by atomic mass is 16.5. The number of carbonyl (C=O) groups is 1. The summed E-state index contributed by atoms with van der Waals surface area (Å²) in [5.41, 5.74) is 3.47. The lowest BCUT2D eigenvalue weighted by molar-refractivity contribution is -0.147. The van der Waals surface area contributed by atoms with Crippen molar-refractivity contribution >= 4 is 5.97 Å². The molecule has 2 aromatic rings. The van der Waals surface area contributed by atoms with E-state index in [2.05, 4.69) is 30.0 Å². The minimum atomic E-state index is -0.318. The van der Waals surface area contributed by atoms with Crippen LogP contribution in [-0.2, 0) is 16.1 Å². The van der Waals surface area contributed by atoms with Gasteiger partial charge in [-0.25, -0.2) is 4.79 Å². The van der Waals surface area contributed by atoms with Gasteiger partial charge in [0.05, 0.1) is 7.11 Å². The van der Waals surface area contributed by atoms with Crippen LogP contribution in [0.15, 0.2) is 54.6 Å². The molecule has 0 aromatic heterocycles. The number of fused-ring (bicyclic) bond motifs is 1. The van der Waals surface area contributed by atoms with Crippen molar-refractivity contribution in [3.05, 3.63) is 71.3 Å². The van der Waals surface area contributed by atoms with E-state index in [9.17, 15) is 4.79 Å². The predicted octanol–water partition coefficient (Wildman–Crippen LogP) is 3.48. The smallest absolute Gasteiger partial charge is 0.327 e. The number of hydrogen-bond donors (Lipinski definition) is 0. The fourth-order valence-electron chi connectivity index (χ4n) is 3.12. The van der Waals surface area contributed by atoms with Crippen LogP contribution in [0.4, 0.5) is 0 Å². The molecular formula is C18H19NO2. The third-order valence-corrected chi connectivity index (χ3v) is 4.20. The number of esters is 1. The summed E-state index contributed by atoms with van der Waals surface area (Å²) in [6, 6.07) is 18.2. The van der Waals surface area contributed by atoms with Crippen molar-refractivity contribution in [2.24, 2.45) is 0 Å². The van der Waals surface area contributed by atoms with Crippen LogP contribution in [0.2, 0.25) is 0 Å². The third-order valence-electron chi connectivity index (χ3n) is 4.20. The SMILES string of the molecule is COC(=O)C1c2ccccc2C(C)N1Cc1ccccc1. The third kappa shape index (κ3) is 2.45. The van der Waals surface area contributed by atoms with E-state index in [1.807, 2.05) is 36.4 Å². The van der Waals surface area contributed by atoms with E-state index in [1.165, 1.54) is 18.2 Å². The molecule has 3 heteroatoms. The second-order valence-corrected chi connectivity index (χ2v) is 5.39. The average molecular weight is 281 g/mol. The van der Waals surface area contributed by atoms with Crippen LogP contribution < -0.4 is 0 Å². The maximum atomic E-state index is 12.3. The van der Waals surface area contributed by atoms with Crippen molar-refractivity contribution in [1.82, 2.24) is 4.90 Å². The monoisotopic (exact) mass is 281 g/mol. The lowest BCUT2D eigenvalue weighted by Gasteiger charge is -2.27. The van der Waals surface area contributed by atoms with Gasteiger partial charge in [-0.2, -0.15) is 0 Å². The normalized spacial score (nSPS) is 21.0. The fourth-order valence-corrected chi connectivity index (χ4v) is 3.12. The van der Waals surface area contributed by atoms with Crippen molar-refractivity contribution in [2.45, 2.75) is 25.6 Å². The van der Waals surface area contributed by atoms with Crippen molar-refractivity contribution in [3.63, 3.8) is 0 Å². The first kappa shape index (κ1) is 13.8. The van der Waals surface area contributed by atoms with Crippen LogP contribution in [0, 0.1) is 0 Å². The van der Waals surface area contributed by atoms with E-state index in [1.54, 1.807) is 0 Å². The molecule has 1 heterocycles.